The van der Waals surface area contributed by atoms with Crippen molar-refractivity contribution >= 4 is 11.8 Å². The highest BCUT2D eigenvalue weighted by molar-refractivity contribution is 5.93. The van der Waals surface area contributed by atoms with Crippen LogP contribution in [-0.4, -0.2) is 28.1 Å². The van der Waals surface area contributed by atoms with Crippen LogP contribution in [-0.2, 0) is 0 Å². The average molecular weight is 234 g/mol. The maximum atomic E-state index is 11.2. The van der Waals surface area contributed by atoms with Crippen molar-refractivity contribution < 1.29 is 9.90 Å². The Bertz CT molecular complexity index is 443. The fourth-order valence-corrected chi connectivity index (χ4v) is 2.74. The number of pyridine rings is 1. The summed E-state index contributed by atoms with van der Waals surface area (Å²) in [4.78, 5) is 17.6. The van der Waals surface area contributed by atoms with Crippen LogP contribution in [0.25, 0.3) is 0 Å². The fourth-order valence-electron chi connectivity index (χ4n) is 2.74. The molecule has 17 heavy (non-hydrogen) atoms. The lowest BCUT2D eigenvalue weighted by Crippen LogP contribution is -2.39. The minimum Gasteiger partial charge on any atom is -0.478 e. The predicted molar refractivity (Wildman–Crippen MR) is 66.4 cm³/mol. The van der Waals surface area contributed by atoms with Crippen LogP contribution in [0, 0.1) is 5.92 Å². The molecule has 1 aromatic rings. The van der Waals surface area contributed by atoms with Crippen LogP contribution >= 0.6 is 0 Å². The van der Waals surface area contributed by atoms with Crippen LogP contribution in [0.4, 0.5) is 5.82 Å². The van der Waals surface area contributed by atoms with Crippen LogP contribution < -0.4 is 4.90 Å². The molecule has 1 fully saturated rings. The van der Waals surface area contributed by atoms with Crippen molar-refractivity contribution in [3.8, 4) is 0 Å². The summed E-state index contributed by atoms with van der Waals surface area (Å²) in [5.41, 5.74) is 0.257. The number of carboxylic acids is 1. The van der Waals surface area contributed by atoms with E-state index in [4.69, 9.17) is 0 Å². The van der Waals surface area contributed by atoms with Gasteiger partial charge in [0.15, 0.2) is 0 Å². The summed E-state index contributed by atoms with van der Waals surface area (Å²) in [6, 6.07) is 3.28. The van der Waals surface area contributed by atoms with Gasteiger partial charge in [-0.25, -0.2) is 9.78 Å². The van der Waals surface area contributed by atoms with E-state index in [0.29, 0.717) is 11.7 Å². The normalized spacial score (nSPS) is 22.8. The first-order chi connectivity index (χ1) is 7.92. The lowest BCUT2D eigenvalue weighted by atomic mass is 9.97. The molecule has 2 rings (SSSR count). The summed E-state index contributed by atoms with van der Waals surface area (Å²) in [5.74, 6) is 0.242. The van der Waals surface area contributed by atoms with Crippen molar-refractivity contribution in [2.75, 3.05) is 11.4 Å². The van der Waals surface area contributed by atoms with E-state index in [1.165, 1.54) is 0 Å². The van der Waals surface area contributed by atoms with E-state index in [1.54, 1.807) is 18.3 Å². The highest BCUT2D eigenvalue weighted by atomic mass is 16.4. The molecule has 0 saturated carbocycles. The zero-order valence-electron chi connectivity index (χ0n) is 10.5. The third kappa shape index (κ3) is 2.12. The molecule has 0 spiro atoms. The van der Waals surface area contributed by atoms with Crippen LogP contribution in [0.1, 0.15) is 37.6 Å². The van der Waals surface area contributed by atoms with Gasteiger partial charge in [0.25, 0.3) is 0 Å². The summed E-state index contributed by atoms with van der Waals surface area (Å²) < 4.78 is 0. The van der Waals surface area contributed by atoms with Crippen LogP contribution in [0.2, 0.25) is 0 Å². The molecule has 0 bridgehead atoms. The Morgan fingerprint density at radius 1 is 1.59 bits per heavy atom. The van der Waals surface area contributed by atoms with E-state index in [2.05, 4.69) is 30.7 Å². The van der Waals surface area contributed by atoms with Crippen molar-refractivity contribution in [2.45, 2.75) is 32.7 Å². The molecular weight excluding hydrogens is 216 g/mol. The first-order valence-corrected chi connectivity index (χ1v) is 5.88. The van der Waals surface area contributed by atoms with Crippen molar-refractivity contribution in [1.29, 1.82) is 0 Å². The van der Waals surface area contributed by atoms with Gasteiger partial charge in [-0.15, -0.1) is 0 Å². The number of anilines is 1. The van der Waals surface area contributed by atoms with Crippen LogP contribution in [0.3, 0.4) is 0 Å². The molecule has 4 nitrogen and oxygen atoms in total. The van der Waals surface area contributed by atoms with Gasteiger partial charge in [0, 0.05) is 18.3 Å². The second-order valence-corrected chi connectivity index (χ2v) is 5.41. The molecule has 4 heteroatoms. The summed E-state index contributed by atoms with van der Waals surface area (Å²) in [7, 11) is 0. The number of aromatic nitrogens is 1. The second-order valence-electron chi connectivity index (χ2n) is 5.41. The van der Waals surface area contributed by atoms with E-state index >= 15 is 0 Å². The van der Waals surface area contributed by atoms with Gasteiger partial charge >= 0.3 is 5.97 Å². The Morgan fingerprint density at radius 2 is 2.29 bits per heavy atom. The quantitative estimate of drug-likeness (QED) is 0.853. The van der Waals surface area contributed by atoms with Crippen molar-refractivity contribution in [3.63, 3.8) is 0 Å². The first kappa shape index (κ1) is 11.9. The average Bonchev–Trinajstić information content (AvgIpc) is 2.51. The molecule has 0 aromatic carbocycles. The Labute approximate surface area is 101 Å². The van der Waals surface area contributed by atoms with Crippen LogP contribution in [0.5, 0.6) is 0 Å². The predicted octanol–water partition coefficient (Wildman–Crippen LogP) is 2.40. The largest absolute Gasteiger partial charge is 0.478 e. The van der Waals surface area contributed by atoms with Crippen molar-refractivity contribution in [3.05, 3.63) is 23.9 Å². The highest BCUT2D eigenvalue weighted by Gasteiger charge is 2.38. The van der Waals surface area contributed by atoms with Crippen molar-refractivity contribution in [1.82, 2.24) is 4.98 Å². The molecule has 92 valence electrons. The summed E-state index contributed by atoms with van der Waals surface area (Å²) in [6.07, 6.45) is 2.71. The van der Waals surface area contributed by atoms with Gasteiger partial charge in [-0.1, -0.05) is 6.92 Å². The Kier molecular flexibility index (Phi) is 2.81. The van der Waals surface area contributed by atoms with E-state index in [9.17, 15) is 9.90 Å². The molecule has 1 atom stereocenters. The number of carboxylic acid groups (broad SMARTS) is 1. The molecule has 1 unspecified atom stereocenters. The number of hydrogen-bond donors (Lipinski definition) is 1. The third-order valence-corrected chi connectivity index (χ3v) is 3.35. The maximum Gasteiger partial charge on any atom is 0.339 e. The highest BCUT2D eigenvalue weighted by Crippen LogP contribution is 2.36. The van der Waals surface area contributed by atoms with Gasteiger partial charge in [-0.2, -0.15) is 0 Å². The molecule has 1 aliphatic heterocycles. The molecule has 2 heterocycles. The molecule has 1 N–H and O–H groups in total. The molecule has 1 aliphatic rings. The van der Waals surface area contributed by atoms with Crippen LogP contribution in [0.15, 0.2) is 18.3 Å². The van der Waals surface area contributed by atoms with Crippen molar-refractivity contribution in [2.24, 2.45) is 5.92 Å². The summed E-state index contributed by atoms with van der Waals surface area (Å²) in [5, 5.41) is 9.20. The lowest BCUT2D eigenvalue weighted by Gasteiger charge is -2.33. The van der Waals surface area contributed by atoms with Gasteiger partial charge in [0.2, 0.25) is 0 Å². The first-order valence-electron chi connectivity index (χ1n) is 5.88. The van der Waals surface area contributed by atoms with Gasteiger partial charge in [0.05, 0.1) is 0 Å². The molecule has 0 amide bonds. The SMILES string of the molecule is CC1CN(c2ncccc2C(=O)O)C(C)(C)C1. The molecular formula is C13H18N2O2. The molecule has 0 aliphatic carbocycles. The Balaban J connectivity index is 2.44. The number of aromatic carboxylic acids is 1. The monoisotopic (exact) mass is 234 g/mol. The summed E-state index contributed by atoms with van der Waals surface area (Å²) >= 11 is 0. The minimum atomic E-state index is -0.913. The Hall–Kier alpha value is -1.58. The standard InChI is InChI=1S/C13H18N2O2/c1-9-7-13(2,3)15(8-9)11-10(12(16)17)5-4-6-14-11/h4-6,9H,7-8H2,1-3H3,(H,16,17). The van der Waals surface area contributed by atoms with Gasteiger partial charge in [-0.05, 0) is 38.3 Å². The number of hydrogen-bond acceptors (Lipinski definition) is 3. The van der Waals surface area contributed by atoms with E-state index in [0.717, 1.165) is 13.0 Å². The summed E-state index contributed by atoms with van der Waals surface area (Å²) in [6.45, 7) is 7.32. The van der Waals surface area contributed by atoms with E-state index in [1.807, 2.05) is 0 Å². The molecule has 0 radical (unpaired) electrons. The molecule has 1 aromatic heterocycles. The zero-order valence-corrected chi connectivity index (χ0v) is 10.5. The lowest BCUT2D eigenvalue weighted by molar-refractivity contribution is 0.0697. The maximum absolute atomic E-state index is 11.2. The molecule has 1 saturated heterocycles. The van der Waals surface area contributed by atoms with E-state index < -0.39 is 5.97 Å². The smallest absolute Gasteiger partial charge is 0.339 e. The zero-order chi connectivity index (χ0) is 12.6. The van der Waals surface area contributed by atoms with Gasteiger partial charge in [-0.3, -0.25) is 0 Å². The van der Waals surface area contributed by atoms with Gasteiger partial charge < -0.3 is 10.0 Å². The minimum absolute atomic E-state index is 0.0298. The number of rotatable bonds is 2. The topological polar surface area (TPSA) is 53.4 Å². The number of carbonyl (C=O) groups is 1. The second kappa shape index (κ2) is 4.02. The Morgan fingerprint density at radius 3 is 2.82 bits per heavy atom. The van der Waals surface area contributed by atoms with Gasteiger partial charge in [0.1, 0.15) is 11.4 Å². The third-order valence-electron chi connectivity index (χ3n) is 3.35. The number of nitrogens with zero attached hydrogens (tertiary/aromatic N) is 2. The van der Waals surface area contributed by atoms with E-state index in [-0.39, 0.29) is 11.1 Å². The fraction of sp³-hybridized carbons (Fsp3) is 0.538.